The number of carbonyl (C=O) groups is 2. The molecule has 1 saturated carbocycles. The summed E-state index contributed by atoms with van der Waals surface area (Å²) in [5.74, 6) is 1.51. The predicted molar refractivity (Wildman–Crippen MR) is 107 cm³/mol. The van der Waals surface area contributed by atoms with E-state index in [4.69, 9.17) is 5.10 Å². The van der Waals surface area contributed by atoms with E-state index in [2.05, 4.69) is 15.3 Å². The van der Waals surface area contributed by atoms with Gasteiger partial charge in [0.1, 0.15) is 0 Å². The molecule has 1 aromatic carbocycles. The number of anilines is 2. The number of fused-ring (bicyclic) bond motifs is 1. The minimum atomic E-state index is -0.0878. The Labute approximate surface area is 165 Å². The largest absolute Gasteiger partial charge is 0.352 e. The van der Waals surface area contributed by atoms with Gasteiger partial charge in [-0.05, 0) is 43.9 Å². The summed E-state index contributed by atoms with van der Waals surface area (Å²) in [6.07, 6.45) is 3.37. The summed E-state index contributed by atoms with van der Waals surface area (Å²) >= 11 is 0. The van der Waals surface area contributed by atoms with Gasteiger partial charge in [0.2, 0.25) is 5.91 Å². The molecule has 0 spiro atoms. The second kappa shape index (κ2) is 7.66. The minimum absolute atomic E-state index is 0.0878. The highest BCUT2D eigenvalue weighted by Crippen LogP contribution is 2.34. The van der Waals surface area contributed by atoms with Crippen LogP contribution in [0.3, 0.4) is 0 Å². The number of aromatic nitrogens is 2. The van der Waals surface area contributed by atoms with Crippen LogP contribution in [-0.4, -0.2) is 39.6 Å². The van der Waals surface area contributed by atoms with Crippen molar-refractivity contribution in [3.8, 4) is 0 Å². The van der Waals surface area contributed by atoms with Crippen LogP contribution in [0.5, 0.6) is 0 Å². The average molecular weight is 381 g/mol. The average Bonchev–Trinajstić information content (AvgIpc) is 3.44. The Morgan fingerprint density at radius 1 is 1.29 bits per heavy atom. The van der Waals surface area contributed by atoms with E-state index in [0.29, 0.717) is 18.7 Å². The molecule has 2 amide bonds. The van der Waals surface area contributed by atoms with E-state index in [9.17, 15) is 9.59 Å². The number of rotatable bonds is 6. The van der Waals surface area contributed by atoms with Crippen LogP contribution in [-0.2, 0) is 24.3 Å². The van der Waals surface area contributed by atoms with Crippen molar-refractivity contribution in [1.82, 2.24) is 20.0 Å². The second-order valence-corrected chi connectivity index (χ2v) is 7.66. The molecule has 2 aliphatic rings. The molecule has 0 saturated heterocycles. The van der Waals surface area contributed by atoms with Crippen molar-refractivity contribution in [1.29, 1.82) is 0 Å². The fourth-order valence-corrected chi connectivity index (χ4v) is 3.69. The first-order valence-corrected chi connectivity index (χ1v) is 10.0. The number of amides is 2. The molecule has 0 bridgehead atoms. The third-order valence-electron chi connectivity index (χ3n) is 5.43. The Bertz CT molecular complexity index is 900. The lowest BCUT2D eigenvalue weighted by molar-refractivity contribution is -0.129. The fraction of sp³-hybridized carbons (Fsp3) is 0.476. The third kappa shape index (κ3) is 3.88. The molecule has 1 aliphatic carbocycles. The summed E-state index contributed by atoms with van der Waals surface area (Å²) in [5.41, 5.74) is 3.75. The van der Waals surface area contributed by atoms with Crippen molar-refractivity contribution in [3.05, 3.63) is 41.1 Å². The van der Waals surface area contributed by atoms with Crippen LogP contribution in [0.15, 0.2) is 24.3 Å². The van der Waals surface area contributed by atoms with Gasteiger partial charge >= 0.3 is 0 Å². The number of nitrogens with one attached hydrogen (secondary N) is 2. The van der Waals surface area contributed by atoms with Gasteiger partial charge in [0.05, 0.1) is 6.54 Å². The Hall–Kier alpha value is -2.83. The topological polar surface area (TPSA) is 79.3 Å². The van der Waals surface area contributed by atoms with Gasteiger partial charge in [-0.15, -0.1) is 0 Å². The van der Waals surface area contributed by atoms with Gasteiger partial charge < -0.3 is 15.5 Å². The zero-order chi connectivity index (χ0) is 19.7. The van der Waals surface area contributed by atoms with E-state index in [1.165, 1.54) is 18.5 Å². The Morgan fingerprint density at radius 2 is 2.11 bits per heavy atom. The molecule has 7 heteroatoms. The highest BCUT2D eigenvalue weighted by atomic mass is 16.2. The molecule has 4 rings (SSSR count). The lowest BCUT2D eigenvalue weighted by atomic mass is 10.1. The van der Waals surface area contributed by atoms with Crippen LogP contribution >= 0.6 is 0 Å². The SMILES string of the molecule is CCNC(=O)c1cccc(Nc2nn(CC3CC3)c3c2CN(C(C)=O)CC3)c1. The van der Waals surface area contributed by atoms with Gasteiger partial charge in [0, 0.05) is 55.5 Å². The molecule has 2 aromatic rings. The van der Waals surface area contributed by atoms with E-state index in [0.717, 1.165) is 42.5 Å². The molecule has 7 nitrogen and oxygen atoms in total. The number of benzene rings is 1. The molecule has 2 N–H and O–H groups in total. The summed E-state index contributed by atoms with van der Waals surface area (Å²) in [4.78, 5) is 25.9. The van der Waals surface area contributed by atoms with Crippen LogP contribution in [0.2, 0.25) is 0 Å². The van der Waals surface area contributed by atoms with Gasteiger partial charge in [-0.1, -0.05) is 6.07 Å². The normalized spacial score (nSPS) is 15.9. The summed E-state index contributed by atoms with van der Waals surface area (Å²) in [6.45, 7) is 6.38. The fourth-order valence-electron chi connectivity index (χ4n) is 3.69. The molecular formula is C21H27N5O2. The van der Waals surface area contributed by atoms with Gasteiger partial charge in [0.25, 0.3) is 5.91 Å². The monoisotopic (exact) mass is 381 g/mol. The van der Waals surface area contributed by atoms with Crippen molar-refractivity contribution in [3.63, 3.8) is 0 Å². The molecule has 28 heavy (non-hydrogen) atoms. The van der Waals surface area contributed by atoms with Crippen molar-refractivity contribution >= 4 is 23.3 Å². The highest BCUT2D eigenvalue weighted by Gasteiger charge is 2.29. The zero-order valence-corrected chi connectivity index (χ0v) is 16.5. The van der Waals surface area contributed by atoms with Gasteiger partial charge in [-0.3, -0.25) is 14.3 Å². The highest BCUT2D eigenvalue weighted by molar-refractivity contribution is 5.95. The lowest BCUT2D eigenvalue weighted by Gasteiger charge is -2.26. The van der Waals surface area contributed by atoms with Gasteiger partial charge in [-0.2, -0.15) is 5.10 Å². The summed E-state index contributed by atoms with van der Waals surface area (Å²) < 4.78 is 2.13. The van der Waals surface area contributed by atoms with Crippen molar-refractivity contribution in [2.24, 2.45) is 5.92 Å². The molecule has 0 radical (unpaired) electrons. The summed E-state index contributed by atoms with van der Waals surface area (Å²) in [6, 6.07) is 7.43. The molecule has 1 aromatic heterocycles. The Kier molecular flexibility index (Phi) is 5.07. The maximum absolute atomic E-state index is 12.1. The molecule has 2 heterocycles. The lowest BCUT2D eigenvalue weighted by Crippen LogP contribution is -2.34. The van der Waals surface area contributed by atoms with Gasteiger partial charge in [-0.25, -0.2) is 0 Å². The second-order valence-electron chi connectivity index (χ2n) is 7.66. The first kappa shape index (κ1) is 18.5. The Balaban J connectivity index is 1.62. The van der Waals surface area contributed by atoms with E-state index >= 15 is 0 Å². The van der Waals surface area contributed by atoms with Crippen LogP contribution in [0.4, 0.5) is 11.5 Å². The van der Waals surface area contributed by atoms with Crippen molar-refractivity contribution in [2.75, 3.05) is 18.4 Å². The number of nitrogens with zero attached hydrogens (tertiary/aromatic N) is 3. The third-order valence-corrected chi connectivity index (χ3v) is 5.43. The molecule has 1 fully saturated rings. The van der Waals surface area contributed by atoms with Crippen molar-refractivity contribution < 1.29 is 9.59 Å². The van der Waals surface area contributed by atoms with E-state index in [1.54, 1.807) is 13.0 Å². The molecule has 0 unspecified atom stereocenters. The van der Waals surface area contributed by atoms with Crippen LogP contribution in [0.1, 0.15) is 48.3 Å². The standard InChI is InChI=1S/C21H27N5O2/c1-3-22-21(28)16-5-4-6-17(11-16)23-20-18-13-25(14(2)27)10-9-19(18)26(24-20)12-15-7-8-15/h4-6,11,15H,3,7-10,12-13H2,1-2H3,(H,22,28)(H,23,24). The zero-order valence-electron chi connectivity index (χ0n) is 16.5. The molecular weight excluding hydrogens is 354 g/mol. The Morgan fingerprint density at radius 3 is 2.82 bits per heavy atom. The molecule has 0 atom stereocenters. The predicted octanol–water partition coefficient (Wildman–Crippen LogP) is 2.69. The van der Waals surface area contributed by atoms with Crippen LogP contribution < -0.4 is 10.6 Å². The minimum Gasteiger partial charge on any atom is -0.352 e. The quantitative estimate of drug-likeness (QED) is 0.806. The summed E-state index contributed by atoms with van der Waals surface area (Å²) in [5, 5.41) is 11.1. The molecule has 148 valence electrons. The number of carbonyl (C=O) groups excluding carboxylic acids is 2. The van der Waals surface area contributed by atoms with E-state index in [-0.39, 0.29) is 11.8 Å². The molecule has 1 aliphatic heterocycles. The number of hydrogen-bond donors (Lipinski definition) is 2. The number of hydrogen-bond acceptors (Lipinski definition) is 4. The van der Waals surface area contributed by atoms with Crippen LogP contribution in [0, 0.1) is 5.92 Å². The van der Waals surface area contributed by atoms with Crippen molar-refractivity contribution in [2.45, 2.75) is 46.2 Å². The maximum atomic E-state index is 12.1. The maximum Gasteiger partial charge on any atom is 0.251 e. The smallest absolute Gasteiger partial charge is 0.251 e. The van der Waals surface area contributed by atoms with E-state index in [1.807, 2.05) is 30.0 Å². The van der Waals surface area contributed by atoms with E-state index < -0.39 is 0 Å². The van der Waals surface area contributed by atoms with Crippen LogP contribution in [0.25, 0.3) is 0 Å². The summed E-state index contributed by atoms with van der Waals surface area (Å²) in [7, 11) is 0. The van der Waals surface area contributed by atoms with Gasteiger partial charge in [0.15, 0.2) is 5.82 Å². The first-order chi connectivity index (χ1) is 13.5. The first-order valence-electron chi connectivity index (χ1n) is 10.0.